The van der Waals surface area contributed by atoms with Crippen molar-refractivity contribution in [1.82, 2.24) is 20.1 Å². The highest BCUT2D eigenvalue weighted by Crippen LogP contribution is 2.19. The number of aromatic nitrogens is 3. The lowest BCUT2D eigenvalue weighted by atomic mass is 10.1. The van der Waals surface area contributed by atoms with E-state index in [-0.39, 0.29) is 23.7 Å². The van der Waals surface area contributed by atoms with Crippen LogP contribution in [0.4, 0.5) is 5.69 Å². The highest BCUT2D eigenvalue weighted by atomic mass is 16.6. The van der Waals surface area contributed by atoms with Crippen molar-refractivity contribution < 1.29 is 9.72 Å². The SMILES string of the molecule is Cc1ccc(C(=O)NCc2ccnc(-n3cccn3)c2)cc1[N+](=O)[O-]. The molecule has 0 unspecified atom stereocenters. The van der Waals surface area contributed by atoms with Crippen molar-refractivity contribution in [2.75, 3.05) is 0 Å². The van der Waals surface area contributed by atoms with Gasteiger partial charge in [0.25, 0.3) is 11.6 Å². The Morgan fingerprint density at radius 2 is 2.12 bits per heavy atom. The molecule has 0 aliphatic carbocycles. The summed E-state index contributed by atoms with van der Waals surface area (Å²) < 4.78 is 1.62. The van der Waals surface area contributed by atoms with E-state index < -0.39 is 4.92 Å². The number of nitrogens with one attached hydrogen (secondary N) is 1. The van der Waals surface area contributed by atoms with E-state index in [0.29, 0.717) is 11.4 Å². The molecule has 3 rings (SSSR count). The Bertz CT molecular complexity index is 922. The summed E-state index contributed by atoms with van der Waals surface area (Å²) in [4.78, 5) is 27.0. The quantitative estimate of drug-likeness (QED) is 0.569. The molecule has 0 aliphatic rings. The molecule has 25 heavy (non-hydrogen) atoms. The molecular weight excluding hydrogens is 322 g/mol. The second-order valence-electron chi connectivity index (χ2n) is 5.41. The van der Waals surface area contributed by atoms with Gasteiger partial charge in [0, 0.05) is 42.3 Å². The number of carbonyl (C=O) groups excluding carboxylic acids is 1. The fourth-order valence-corrected chi connectivity index (χ4v) is 2.33. The molecule has 0 radical (unpaired) electrons. The van der Waals surface area contributed by atoms with Crippen LogP contribution in [-0.2, 0) is 6.54 Å². The summed E-state index contributed by atoms with van der Waals surface area (Å²) in [7, 11) is 0. The van der Waals surface area contributed by atoms with Crippen molar-refractivity contribution in [3.8, 4) is 5.82 Å². The Hall–Kier alpha value is -3.55. The van der Waals surface area contributed by atoms with Crippen LogP contribution in [0.2, 0.25) is 0 Å². The fraction of sp³-hybridized carbons (Fsp3) is 0.118. The van der Waals surface area contributed by atoms with Gasteiger partial charge in [-0.05, 0) is 36.8 Å². The number of benzene rings is 1. The maximum absolute atomic E-state index is 12.3. The van der Waals surface area contributed by atoms with Crippen LogP contribution >= 0.6 is 0 Å². The molecule has 2 heterocycles. The van der Waals surface area contributed by atoms with Crippen LogP contribution < -0.4 is 5.32 Å². The molecule has 3 aromatic rings. The van der Waals surface area contributed by atoms with Gasteiger partial charge in [-0.25, -0.2) is 9.67 Å². The molecule has 0 atom stereocenters. The average molecular weight is 337 g/mol. The van der Waals surface area contributed by atoms with E-state index in [2.05, 4.69) is 15.4 Å². The van der Waals surface area contributed by atoms with E-state index in [4.69, 9.17) is 0 Å². The highest BCUT2D eigenvalue weighted by Gasteiger charge is 2.14. The second-order valence-corrected chi connectivity index (χ2v) is 5.41. The van der Waals surface area contributed by atoms with E-state index in [1.54, 1.807) is 54.5 Å². The van der Waals surface area contributed by atoms with Gasteiger partial charge in [0.1, 0.15) is 0 Å². The maximum atomic E-state index is 12.3. The van der Waals surface area contributed by atoms with Crippen molar-refractivity contribution in [1.29, 1.82) is 0 Å². The Balaban J connectivity index is 1.72. The van der Waals surface area contributed by atoms with Crippen LogP contribution in [-0.4, -0.2) is 25.6 Å². The molecule has 8 heteroatoms. The van der Waals surface area contributed by atoms with Gasteiger partial charge in [-0.15, -0.1) is 0 Å². The average Bonchev–Trinajstić information content (AvgIpc) is 3.15. The Morgan fingerprint density at radius 3 is 2.84 bits per heavy atom. The Morgan fingerprint density at radius 1 is 1.28 bits per heavy atom. The van der Waals surface area contributed by atoms with E-state index >= 15 is 0 Å². The van der Waals surface area contributed by atoms with Crippen LogP contribution in [0, 0.1) is 17.0 Å². The van der Waals surface area contributed by atoms with Gasteiger partial charge in [-0.3, -0.25) is 14.9 Å². The molecule has 2 aromatic heterocycles. The number of amides is 1. The topological polar surface area (TPSA) is 103 Å². The standard InChI is InChI=1S/C17H15N5O3/c1-12-3-4-14(10-15(12)22(24)25)17(23)19-11-13-5-7-18-16(9-13)21-8-2-6-20-21/h2-10H,11H2,1H3,(H,19,23). The first-order valence-electron chi connectivity index (χ1n) is 7.53. The van der Waals surface area contributed by atoms with Crippen molar-refractivity contribution in [2.45, 2.75) is 13.5 Å². The number of rotatable bonds is 5. The van der Waals surface area contributed by atoms with E-state index in [0.717, 1.165) is 5.56 Å². The number of nitro groups is 1. The van der Waals surface area contributed by atoms with Crippen LogP contribution in [0.5, 0.6) is 0 Å². The summed E-state index contributed by atoms with van der Waals surface area (Å²) in [6.45, 7) is 1.91. The summed E-state index contributed by atoms with van der Waals surface area (Å²) in [5, 5.41) is 17.8. The molecule has 1 amide bonds. The van der Waals surface area contributed by atoms with Gasteiger partial charge in [0.15, 0.2) is 5.82 Å². The number of hydrogen-bond acceptors (Lipinski definition) is 5. The van der Waals surface area contributed by atoms with Gasteiger partial charge < -0.3 is 5.32 Å². The van der Waals surface area contributed by atoms with Crippen LogP contribution in [0.3, 0.4) is 0 Å². The number of hydrogen-bond donors (Lipinski definition) is 1. The zero-order chi connectivity index (χ0) is 17.8. The molecule has 1 N–H and O–H groups in total. The molecule has 126 valence electrons. The lowest BCUT2D eigenvalue weighted by Gasteiger charge is -2.07. The van der Waals surface area contributed by atoms with Crippen LogP contribution in [0.15, 0.2) is 55.0 Å². The summed E-state index contributed by atoms with van der Waals surface area (Å²) in [6.07, 6.45) is 5.06. The summed E-state index contributed by atoms with van der Waals surface area (Å²) >= 11 is 0. The van der Waals surface area contributed by atoms with Gasteiger partial charge in [0.2, 0.25) is 0 Å². The zero-order valence-electron chi connectivity index (χ0n) is 13.4. The maximum Gasteiger partial charge on any atom is 0.273 e. The molecule has 0 aliphatic heterocycles. The Kier molecular flexibility index (Phi) is 4.51. The van der Waals surface area contributed by atoms with Crippen molar-refractivity contribution >= 4 is 11.6 Å². The minimum absolute atomic E-state index is 0.0717. The van der Waals surface area contributed by atoms with Gasteiger partial charge >= 0.3 is 0 Å². The molecule has 0 saturated carbocycles. The van der Waals surface area contributed by atoms with E-state index in [1.165, 1.54) is 6.07 Å². The van der Waals surface area contributed by atoms with E-state index in [9.17, 15) is 14.9 Å². The lowest BCUT2D eigenvalue weighted by Crippen LogP contribution is -2.23. The number of nitrogens with zero attached hydrogens (tertiary/aromatic N) is 4. The third-order valence-electron chi connectivity index (χ3n) is 3.67. The molecule has 0 bridgehead atoms. The monoisotopic (exact) mass is 337 g/mol. The number of pyridine rings is 1. The van der Waals surface area contributed by atoms with Crippen molar-refractivity contribution in [2.24, 2.45) is 0 Å². The van der Waals surface area contributed by atoms with Crippen molar-refractivity contribution in [3.05, 3.63) is 81.8 Å². The highest BCUT2D eigenvalue weighted by molar-refractivity contribution is 5.94. The number of carbonyl (C=O) groups is 1. The summed E-state index contributed by atoms with van der Waals surface area (Å²) in [6, 6.07) is 9.80. The largest absolute Gasteiger partial charge is 0.348 e. The van der Waals surface area contributed by atoms with Crippen LogP contribution in [0.1, 0.15) is 21.5 Å². The molecule has 1 aromatic carbocycles. The number of aryl methyl sites for hydroxylation is 1. The van der Waals surface area contributed by atoms with Crippen molar-refractivity contribution in [3.63, 3.8) is 0 Å². The predicted octanol–water partition coefficient (Wildman–Crippen LogP) is 2.41. The predicted molar refractivity (Wildman–Crippen MR) is 90.4 cm³/mol. The lowest BCUT2D eigenvalue weighted by molar-refractivity contribution is -0.385. The normalized spacial score (nSPS) is 10.4. The van der Waals surface area contributed by atoms with Gasteiger partial charge in [0.05, 0.1) is 4.92 Å². The first kappa shape index (κ1) is 16.3. The zero-order valence-corrected chi connectivity index (χ0v) is 13.4. The molecule has 0 fully saturated rings. The molecule has 0 saturated heterocycles. The first-order chi connectivity index (χ1) is 12.0. The molecule has 8 nitrogen and oxygen atoms in total. The van der Waals surface area contributed by atoms with Gasteiger partial charge in [-0.1, -0.05) is 6.07 Å². The molecule has 0 spiro atoms. The van der Waals surface area contributed by atoms with Crippen LogP contribution in [0.25, 0.3) is 5.82 Å². The van der Waals surface area contributed by atoms with Gasteiger partial charge in [-0.2, -0.15) is 5.10 Å². The second kappa shape index (κ2) is 6.91. The third kappa shape index (κ3) is 3.69. The summed E-state index contributed by atoms with van der Waals surface area (Å²) in [5.41, 5.74) is 1.53. The minimum atomic E-state index is -0.495. The Labute approximate surface area is 143 Å². The fourth-order valence-electron chi connectivity index (χ4n) is 2.33. The number of nitro benzene ring substituents is 1. The first-order valence-corrected chi connectivity index (χ1v) is 7.53. The van der Waals surface area contributed by atoms with E-state index in [1.807, 2.05) is 6.07 Å². The third-order valence-corrected chi connectivity index (χ3v) is 3.67. The molecular formula is C17H15N5O3. The minimum Gasteiger partial charge on any atom is -0.348 e. The summed E-state index contributed by atoms with van der Waals surface area (Å²) in [5.74, 6) is 0.267. The smallest absolute Gasteiger partial charge is 0.273 e.